The zero-order valence-corrected chi connectivity index (χ0v) is 10.1. The number of methoxy groups -OCH3 is 1. The molecule has 0 unspecified atom stereocenters. The molecule has 0 aromatic rings. The molecular weight excluding hydrogens is 151 g/mol. The van der Waals surface area contributed by atoms with E-state index in [1.807, 2.05) is 6.08 Å². The van der Waals surface area contributed by atoms with Crippen LogP contribution in [-0.4, -0.2) is 7.11 Å². The van der Waals surface area contributed by atoms with Gasteiger partial charge in [0.05, 0.1) is 7.11 Å². The maximum atomic E-state index is 5.11. The molecule has 0 aliphatic heterocycles. The Kier molecular flexibility index (Phi) is 6.06. The van der Waals surface area contributed by atoms with Crippen LogP contribution < -0.4 is 51.4 Å². The average Bonchev–Trinajstić information content (AvgIpc) is 2.33. The zero-order chi connectivity index (χ0) is 6.69. The van der Waals surface area contributed by atoms with Gasteiger partial charge in [-0.2, -0.15) is 0 Å². The van der Waals surface area contributed by atoms with Crippen LogP contribution in [0, 0.1) is 0 Å². The molecule has 0 bridgehead atoms. The first-order valence-electron chi connectivity index (χ1n) is 3.31. The summed E-state index contributed by atoms with van der Waals surface area (Å²) in [7, 11) is 1.72. The number of ether oxygens (including phenoxy) is 1. The Morgan fingerprint density at radius 2 is 2.40 bits per heavy atom. The third kappa shape index (κ3) is 2.51. The van der Waals surface area contributed by atoms with Crippen LogP contribution in [0.1, 0.15) is 21.2 Å². The van der Waals surface area contributed by atoms with Crippen LogP contribution in [0.15, 0.2) is 23.5 Å². The molecule has 0 aromatic heterocycles. The van der Waals surface area contributed by atoms with Gasteiger partial charge in [-0.25, -0.2) is 0 Å². The minimum absolute atomic E-state index is 0. The predicted molar refractivity (Wildman–Crippen MR) is 39.2 cm³/mol. The molecule has 0 saturated carbocycles. The van der Waals surface area contributed by atoms with E-state index < -0.39 is 0 Å². The second kappa shape index (κ2) is 5.55. The fourth-order valence-corrected chi connectivity index (χ4v) is 1.06. The molecule has 52 valence electrons. The second-order valence-electron chi connectivity index (χ2n) is 2.13. The van der Waals surface area contributed by atoms with E-state index in [9.17, 15) is 0 Å². The second-order valence-corrected chi connectivity index (χ2v) is 2.13. The third-order valence-electron chi connectivity index (χ3n) is 1.63. The first-order valence-corrected chi connectivity index (χ1v) is 3.31. The van der Waals surface area contributed by atoms with Gasteiger partial charge in [-0.3, -0.25) is 0 Å². The minimum Gasteiger partial charge on any atom is -1.00 e. The molecule has 0 spiro atoms. The largest absolute Gasteiger partial charge is 1.00 e. The Morgan fingerprint density at radius 3 is 2.80 bits per heavy atom. The van der Waals surface area contributed by atoms with Crippen molar-refractivity contribution in [3.05, 3.63) is 23.5 Å². The molecule has 0 heterocycles. The molecule has 1 aliphatic rings. The van der Waals surface area contributed by atoms with E-state index in [2.05, 4.69) is 13.0 Å². The Balaban J connectivity index is 0. The van der Waals surface area contributed by atoms with E-state index in [4.69, 9.17) is 4.74 Å². The summed E-state index contributed by atoms with van der Waals surface area (Å²) in [5.74, 6) is 1.07. The Labute approximate surface area is 106 Å². The van der Waals surface area contributed by atoms with Gasteiger partial charge in [0.25, 0.3) is 0 Å². The van der Waals surface area contributed by atoms with Crippen LogP contribution in [-0.2, 0) is 4.74 Å². The van der Waals surface area contributed by atoms with Crippen LogP contribution in [0.5, 0.6) is 0 Å². The quantitative estimate of drug-likeness (QED) is 0.494. The Hall–Kier alpha value is 0.916. The van der Waals surface area contributed by atoms with Crippen molar-refractivity contribution in [2.45, 2.75) is 19.8 Å². The molecule has 2 heteroatoms. The van der Waals surface area contributed by atoms with Gasteiger partial charge >= 0.3 is 51.4 Å². The average molecular weight is 164 g/mol. The van der Waals surface area contributed by atoms with Crippen molar-refractivity contribution < 1.29 is 57.5 Å². The maximum Gasteiger partial charge on any atom is 1.00 e. The summed E-state index contributed by atoms with van der Waals surface area (Å²) in [6.45, 7) is 2.15. The first kappa shape index (κ1) is 10.9. The van der Waals surface area contributed by atoms with Crippen molar-refractivity contribution >= 4 is 0 Å². The van der Waals surface area contributed by atoms with Crippen LogP contribution in [0.2, 0.25) is 0 Å². The molecular formula is C8H13KO. The molecule has 1 nitrogen and oxygen atoms in total. The van der Waals surface area contributed by atoms with Gasteiger partial charge in [0, 0.05) is 0 Å². The van der Waals surface area contributed by atoms with Crippen LogP contribution in [0.3, 0.4) is 0 Å². The summed E-state index contributed by atoms with van der Waals surface area (Å²) in [5, 5.41) is 0. The molecule has 0 aromatic carbocycles. The molecule has 0 radical (unpaired) electrons. The van der Waals surface area contributed by atoms with Gasteiger partial charge in [0.1, 0.15) is 5.76 Å². The normalized spacial score (nSPS) is 15.4. The van der Waals surface area contributed by atoms with E-state index in [-0.39, 0.29) is 52.8 Å². The van der Waals surface area contributed by atoms with Crippen molar-refractivity contribution in [3.8, 4) is 0 Å². The monoisotopic (exact) mass is 164 g/mol. The van der Waals surface area contributed by atoms with Crippen LogP contribution in [0.4, 0.5) is 0 Å². The summed E-state index contributed by atoms with van der Waals surface area (Å²) in [6, 6.07) is 0. The Morgan fingerprint density at radius 1 is 1.70 bits per heavy atom. The summed E-state index contributed by atoms with van der Waals surface area (Å²) >= 11 is 0. The summed E-state index contributed by atoms with van der Waals surface area (Å²) in [4.78, 5) is 0. The van der Waals surface area contributed by atoms with Crippen LogP contribution in [0.25, 0.3) is 0 Å². The van der Waals surface area contributed by atoms with Crippen molar-refractivity contribution in [2.75, 3.05) is 7.11 Å². The number of hydrogen-bond donors (Lipinski definition) is 0. The van der Waals surface area contributed by atoms with Crippen molar-refractivity contribution in [2.24, 2.45) is 0 Å². The first-order chi connectivity index (χ1) is 4.38. The maximum absolute atomic E-state index is 5.11. The van der Waals surface area contributed by atoms with Gasteiger partial charge in [-0.1, -0.05) is 13.0 Å². The van der Waals surface area contributed by atoms with Gasteiger partial charge in [0.15, 0.2) is 0 Å². The third-order valence-corrected chi connectivity index (χ3v) is 1.63. The minimum atomic E-state index is 0. The van der Waals surface area contributed by atoms with E-state index >= 15 is 0 Å². The molecule has 1 aliphatic carbocycles. The summed E-state index contributed by atoms with van der Waals surface area (Å²) in [5.41, 5.74) is 1.41. The standard InChI is InChI=1S/C8H12O.K.H/c1-3-7-5-4-6-8(7)9-2;;/h4,6H,3,5H2,1-2H3;;/q;+1;-1. The smallest absolute Gasteiger partial charge is 1.00 e. The number of hydrogen-bond acceptors (Lipinski definition) is 1. The molecule has 0 amide bonds. The molecule has 0 N–H and O–H groups in total. The summed E-state index contributed by atoms with van der Waals surface area (Å²) < 4.78 is 5.11. The van der Waals surface area contributed by atoms with Gasteiger partial charge in [-0.15, -0.1) is 0 Å². The Bertz CT molecular complexity index is 163. The van der Waals surface area contributed by atoms with Crippen molar-refractivity contribution in [1.29, 1.82) is 0 Å². The van der Waals surface area contributed by atoms with E-state index in [1.54, 1.807) is 7.11 Å². The van der Waals surface area contributed by atoms with Crippen molar-refractivity contribution in [1.82, 2.24) is 0 Å². The fraction of sp³-hybridized carbons (Fsp3) is 0.500. The van der Waals surface area contributed by atoms with E-state index in [0.29, 0.717) is 0 Å². The zero-order valence-electron chi connectivity index (χ0n) is 7.98. The summed E-state index contributed by atoms with van der Waals surface area (Å²) in [6.07, 6.45) is 6.37. The van der Waals surface area contributed by atoms with Gasteiger partial charge < -0.3 is 6.16 Å². The molecule has 0 fully saturated rings. The molecule has 10 heavy (non-hydrogen) atoms. The van der Waals surface area contributed by atoms with Crippen LogP contribution >= 0.6 is 0 Å². The fourth-order valence-electron chi connectivity index (χ4n) is 1.06. The molecule has 0 saturated heterocycles. The topological polar surface area (TPSA) is 9.23 Å². The predicted octanol–water partition coefficient (Wildman–Crippen LogP) is -0.627. The molecule has 1 rings (SSSR count). The number of rotatable bonds is 2. The van der Waals surface area contributed by atoms with Gasteiger partial charge in [-0.05, 0) is 24.5 Å². The SMILES string of the molecule is CCC1=C(OC)C=CC1.[H-].[K+]. The van der Waals surface area contributed by atoms with Crippen molar-refractivity contribution in [3.63, 3.8) is 0 Å². The van der Waals surface area contributed by atoms with Gasteiger partial charge in [0.2, 0.25) is 0 Å². The number of allylic oxidation sites excluding steroid dienone is 3. The molecule has 0 atom stereocenters. The van der Waals surface area contributed by atoms with E-state index in [0.717, 1.165) is 18.6 Å². The van der Waals surface area contributed by atoms with E-state index in [1.165, 1.54) is 5.57 Å².